The van der Waals surface area contributed by atoms with Gasteiger partial charge in [-0.25, -0.2) is 4.39 Å². The maximum Gasteiger partial charge on any atom is 0.165 e. The first-order valence-electron chi connectivity index (χ1n) is 5.49. The van der Waals surface area contributed by atoms with Crippen molar-refractivity contribution >= 4 is 21.6 Å². The van der Waals surface area contributed by atoms with Crippen molar-refractivity contribution in [3.63, 3.8) is 0 Å². The van der Waals surface area contributed by atoms with E-state index in [2.05, 4.69) is 15.9 Å². The van der Waals surface area contributed by atoms with Gasteiger partial charge in [0.25, 0.3) is 0 Å². The molecule has 2 rings (SSSR count). The van der Waals surface area contributed by atoms with Crippen LogP contribution < -0.4 is 10.5 Å². The molecule has 0 aromatic heterocycles. The van der Waals surface area contributed by atoms with Gasteiger partial charge in [0.05, 0.1) is 0 Å². The van der Waals surface area contributed by atoms with Crippen molar-refractivity contribution in [3.05, 3.63) is 57.8 Å². The molecule has 0 bridgehead atoms. The SMILES string of the molecule is Cc1ccc(F)c(OCc2ccc(Br)c(N)c2)c1. The van der Waals surface area contributed by atoms with Crippen LogP contribution in [0.4, 0.5) is 10.1 Å². The Bertz CT molecular complexity index is 572. The molecule has 0 amide bonds. The summed E-state index contributed by atoms with van der Waals surface area (Å²) in [6, 6.07) is 10.3. The van der Waals surface area contributed by atoms with E-state index in [0.717, 1.165) is 15.6 Å². The fraction of sp³-hybridized carbons (Fsp3) is 0.143. The molecule has 0 aliphatic rings. The Kier molecular flexibility index (Phi) is 3.87. The van der Waals surface area contributed by atoms with E-state index in [0.29, 0.717) is 5.69 Å². The molecule has 94 valence electrons. The monoisotopic (exact) mass is 309 g/mol. The maximum atomic E-state index is 13.5. The van der Waals surface area contributed by atoms with Gasteiger partial charge < -0.3 is 10.5 Å². The van der Waals surface area contributed by atoms with Gasteiger partial charge in [0.15, 0.2) is 11.6 Å². The summed E-state index contributed by atoms with van der Waals surface area (Å²) in [5, 5.41) is 0. The van der Waals surface area contributed by atoms with Crippen molar-refractivity contribution in [1.29, 1.82) is 0 Å². The van der Waals surface area contributed by atoms with Gasteiger partial charge in [0.2, 0.25) is 0 Å². The van der Waals surface area contributed by atoms with Crippen LogP contribution in [-0.4, -0.2) is 0 Å². The first kappa shape index (κ1) is 12.9. The van der Waals surface area contributed by atoms with Gasteiger partial charge in [-0.2, -0.15) is 0 Å². The number of halogens is 2. The van der Waals surface area contributed by atoms with E-state index < -0.39 is 0 Å². The number of hydrogen-bond donors (Lipinski definition) is 1. The molecule has 0 saturated carbocycles. The minimum atomic E-state index is -0.356. The van der Waals surface area contributed by atoms with Crippen molar-refractivity contribution < 1.29 is 9.13 Å². The van der Waals surface area contributed by atoms with Crippen molar-refractivity contribution in [2.45, 2.75) is 13.5 Å². The number of hydrogen-bond acceptors (Lipinski definition) is 2. The summed E-state index contributed by atoms with van der Waals surface area (Å²) in [7, 11) is 0. The number of nitrogen functional groups attached to an aromatic ring is 1. The largest absolute Gasteiger partial charge is 0.486 e. The number of anilines is 1. The molecule has 0 radical (unpaired) electrons. The van der Waals surface area contributed by atoms with Crippen LogP contribution >= 0.6 is 15.9 Å². The minimum absolute atomic E-state index is 0.261. The zero-order valence-corrected chi connectivity index (χ0v) is 11.5. The van der Waals surface area contributed by atoms with Crippen molar-refractivity contribution in [3.8, 4) is 5.75 Å². The fourth-order valence-electron chi connectivity index (χ4n) is 1.57. The second kappa shape index (κ2) is 5.40. The summed E-state index contributed by atoms with van der Waals surface area (Å²) in [4.78, 5) is 0. The summed E-state index contributed by atoms with van der Waals surface area (Å²) >= 11 is 3.32. The Balaban J connectivity index is 2.11. The average Bonchev–Trinajstić information content (AvgIpc) is 2.34. The Morgan fingerprint density at radius 1 is 1.22 bits per heavy atom. The maximum absolute atomic E-state index is 13.5. The van der Waals surface area contributed by atoms with Gasteiger partial charge in [0.1, 0.15) is 6.61 Å². The fourth-order valence-corrected chi connectivity index (χ4v) is 1.81. The average molecular weight is 310 g/mol. The molecule has 0 heterocycles. The number of aryl methyl sites for hydroxylation is 1. The lowest BCUT2D eigenvalue weighted by Crippen LogP contribution is -1.99. The van der Waals surface area contributed by atoms with Crippen LogP contribution in [0, 0.1) is 12.7 Å². The first-order valence-corrected chi connectivity index (χ1v) is 6.28. The summed E-state index contributed by atoms with van der Waals surface area (Å²) in [5.74, 6) is -0.0952. The third-order valence-corrected chi connectivity index (χ3v) is 3.26. The van der Waals surface area contributed by atoms with Crippen LogP contribution in [0.1, 0.15) is 11.1 Å². The number of nitrogens with two attached hydrogens (primary N) is 1. The number of rotatable bonds is 3. The molecule has 0 aliphatic heterocycles. The Hall–Kier alpha value is -1.55. The number of ether oxygens (including phenoxy) is 1. The number of benzene rings is 2. The second-order valence-corrected chi connectivity index (χ2v) is 4.93. The summed E-state index contributed by atoms with van der Waals surface area (Å²) in [5.41, 5.74) is 8.27. The molecule has 0 spiro atoms. The quantitative estimate of drug-likeness (QED) is 0.868. The van der Waals surface area contributed by atoms with Gasteiger partial charge in [-0.05, 0) is 58.2 Å². The molecule has 4 heteroatoms. The molecule has 2 nitrogen and oxygen atoms in total. The predicted octanol–water partition coefficient (Wildman–Crippen LogP) is 4.06. The normalized spacial score (nSPS) is 10.4. The lowest BCUT2D eigenvalue weighted by molar-refractivity contribution is 0.290. The van der Waals surface area contributed by atoms with Crippen LogP contribution in [0.25, 0.3) is 0 Å². The highest BCUT2D eigenvalue weighted by Crippen LogP contribution is 2.23. The van der Waals surface area contributed by atoms with Gasteiger partial charge in [0, 0.05) is 10.2 Å². The lowest BCUT2D eigenvalue weighted by Gasteiger charge is -2.09. The van der Waals surface area contributed by atoms with E-state index in [1.165, 1.54) is 6.07 Å². The molecule has 0 fully saturated rings. The molecular formula is C14H13BrFNO. The van der Waals surface area contributed by atoms with E-state index in [1.54, 1.807) is 18.2 Å². The van der Waals surface area contributed by atoms with Crippen molar-refractivity contribution in [1.82, 2.24) is 0 Å². The van der Waals surface area contributed by atoms with Gasteiger partial charge in [-0.15, -0.1) is 0 Å². The summed E-state index contributed by atoms with van der Waals surface area (Å²) < 4.78 is 19.8. The van der Waals surface area contributed by atoms with Crippen LogP contribution in [0.2, 0.25) is 0 Å². The molecule has 0 unspecified atom stereocenters. The third kappa shape index (κ3) is 3.01. The van der Waals surface area contributed by atoms with E-state index in [1.807, 2.05) is 19.1 Å². The second-order valence-electron chi connectivity index (χ2n) is 4.08. The zero-order valence-electron chi connectivity index (χ0n) is 9.91. The highest BCUT2D eigenvalue weighted by molar-refractivity contribution is 9.10. The predicted molar refractivity (Wildman–Crippen MR) is 74.0 cm³/mol. The molecule has 0 aliphatic carbocycles. The van der Waals surface area contributed by atoms with Gasteiger partial charge in [-0.3, -0.25) is 0 Å². The molecule has 2 aromatic rings. The Morgan fingerprint density at radius 3 is 2.72 bits per heavy atom. The highest BCUT2D eigenvalue weighted by Gasteiger charge is 2.04. The van der Waals surface area contributed by atoms with Gasteiger partial charge in [-0.1, -0.05) is 12.1 Å². The van der Waals surface area contributed by atoms with Crippen LogP contribution in [0.15, 0.2) is 40.9 Å². The molecular weight excluding hydrogens is 297 g/mol. The topological polar surface area (TPSA) is 35.2 Å². The molecule has 0 saturated heterocycles. The van der Waals surface area contributed by atoms with Gasteiger partial charge >= 0.3 is 0 Å². The van der Waals surface area contributed by atoms with Crippen LogP contribution in [0.5, 0.6) is 5.75 Å². The van der Waals surface area contributed by atoms with E-state index in [4.69, 9.17) is 10.5 Å². The van der Waals surface area contributed by atoms with E-state index in [-0.39, 0.29) is 18.2 Å². The molecule has 18 heavy (non-hydrogen) atoms. The molecule has 0 atom stereocenters. The summed E-state index contributed by atoms with van der Waals surface area (Å²) in [6.45, 7) is 2.18. The zero-order chi connectivity index (χ0) is 13.1. The standard InChI is InChI=1S/C14H13BrFNO/c1-9-2-5-12(16)14(6-9)18-8-10-3-4-11(15)13(17)7-10/h2-7H,8,17H2,1H3. The summed E-state index contributed by atoms with van der Waals surface area (Å²) in [6.07, 6.45) is 0. The van der Waals surface area contributed by atoms with Crippen LogP contribution in [0.3, 0.4) is 0 Å². The molecule has 2 aromatic carbocycles. The van der Waals surface area contributed by atoms with Crippen molar-refractivity contribution in [2.75, 3.05) is 5.73 Å². The van der Waals surface area contributed by atoms with E-state index >= 15 is 0 Å². The third-order valence-electron chi connectivity index (χ3n) is 2.54. The minimum Gasteiger partial charge on any atom is -0.486 e. The van der Waals surface area contributed by atoms with Crippen molar-refractivity contribution in [2.24, 2.45) is 0 Å². The highest BCUT2D eigenvalue weighted by atomic mass is 79.9. The Labute approximate surface area is 114 Å². The smallest absolute Gasteiger partial charge is 0.165 e. The van der Waals surface area contributed by atoms with Crippen LogP contribution in [-0.2, 0) is 6.61 Å². The van der Waals surface area contributed by atoms with E-state index in [9.17, 15) is 4.39 Å². The first-order chi connectivity index (χ1) is 8.56. The Morgan fingerprint density at radius 2 is 2.00 bits per heavy atom. The molecule has 2 N–H and O–H groups in total. The lowest BCUT2D eigenvalue weighted by atomic mass is 10.2.